The number of carbonyl (C=O) groups is 1. The van der Waals surface area contributed by atoms with Gasteiger partial charge in [0.2, 0.25) is 5.75 Å². The first-order valence-corrected chi connectivity index (χ1v) is 13.2. The standard InChI is InChI=1S/C24H26ClN3O10S/c1-4-35-23(30)24(34-3)37-16-6-5-7-17(12-16)39(31,32)28-21-20(22(27-14-26-21)36-11-10-29)38-19-13-15(33-2)8-9-18(19)25/h5-9,12-14,24,29H,4,10-11H2,1-3H3,(H,26,27,28). The van der Waals surface area contributed by atoms with E-state index in [0.717, 1.165) is 6.33 Å². The van der Waals surface area contributed by atoms with E-state index in [1.165, 1.54) is 50.6 Å². The maximum atomic E-state index is 13.3. The molecule has 0 saturated heterocycles. The van der Waals surface area contributed by atoms with Crippen LogP contribution in [0.25, 0.3) is 0 Å². The second-order valence-corrected chi connectivity index (χ2v) is 9.43. The molecule has 1 unspecified atom stereocenters. The van der Waals surface area contributed by atoms with Crippen LogP contribution in [-0.4, -0.2) is 69.8 Å². The highest BCUT2D eigenvalue weighted by Gasteiger charge is 2.25. The van der Waals surface area contributed by atoms with Crippen LogP contribution in [-0.2, 0) is 24.3 Å². The van der Waals surface area contributed by atoms with Crippen LogP contribution in [0.15, 0.2) is 53.7 Å². The summed E-state index contributed by atoms with van der Waals surface area (Å²) in [4.78, 5) is 19.7. The number of esters is 1. The Labute approximate surface area is 229 Å². The Bertz CT molecular complexity index is 1390. The Morgan fingerprint density at radius 1 is 1.13 bits per heavy atom. The number of nitrogens with zero attached hydrogens (tertiary/aromatic N) is 2. The van der Waals surface area contributed by atoms with Gasteiger partial charge in [0.05, 0.1) is 30.2 Å². The Hall–Kier alpha value is -3.85. The number of aliphatic hydroxyl groups excluding tert-OH is 1. The van der Waals surface area contributed by atoms with Crippen LogP contribution >= 0.6 is 11.6 Å². The first kappa shape index (κ1) is 29.7. The molecule has 2 N–H and O–H groups in total. The average molecular weight is 584 g/mol. The lowest BCUT2D eigenvalue weighted by Crippen LogP contribution is -2.31. The van der Waals surface area contributed by atoms with Crippen LogP contribution in [0, 0.1) is 0 Å². The molecule has 0 aliphatic heterocycles. The van der Waals surface area contributed by atoms with E-state index in [1.54, 1.807) is 13.0 Å². The number of methoxy groups -OCH3 is 2. The van der Waals surface area contributed by atoms with Crippen molar-refractivity contribution in [2.75, 3.05) is 38.8 Å². The van der Waals surface area contributed by atoms with Crippen LogP contribution in [0.4, 0.5) is 5.82 Å². The highest BCUT2D eigenvalue weighted by molar-refractivity contribution is 7.92. The second kappa shape index (κ2) is 13.8. The minimum Gasteiger partial charge on any atom is -0.497 e. The molecule has 3 rings (SSSR count). The Kier molecular flexibility index (Phi) is 10.5. The third kappa shape index (κ3) is 7.83. The van der Waals surface area contributed by atoms with Crippen LogP contribution in [0.1, 0.15) is 6.92 Å². The van der Waals surface area contributed by atoms with E-state index in [4.69, 9.17) is 40.0 Å². The van der Waals surface area contributed by atoms with Crippen molar-refractivity contribution in [2.24, 2.45) is 0 Å². The molecule has 0 spiro atoms. The Morgan fingerprint density at radius 3 is 2.62 bits per heavy atom. The van der Waals surface area contributed by atoms with Gasteiger partial charge in [-0.25, -0.2) is 18.2 Å². The molecule has 0 aliphatic rings. The topological polar surface area (TPSA) is 165 Å². The van der Waals surface area contributed by atoms with E-state index in [9.17, 15) is 18.3 Å². The van der Waals surface area contributed by atoms with Gasteiger partial charge in [-0.15, -0.1) is 0 Å². The van der Waals surface area contributed by atoms with E-state index in [1.807, 2.05) is 0 Å². The predicted molar refractivity (Wildman–Crippen MR) is 138 cm³/mol. The van der Waals surface area contributed by atoms with Crippen molar-refractivity contribution in [2.45, 2.75) is 18.1 Å². The molecule has 2 aromatic carbocycles. The molecule has 39 heavy (non-hydrogen) atoms. The molecule has 1 atom stereocenters. The number of sulfonamides is 1. The number of halogens is 1. The fraction of sp³-hybridized carbons (Fsp3) is 0.292. The molecule has 0 bridgehead atoms. The van der Waals surface area contributed by atoms with Gasteiger partial charge in [-0.05, 0) is 31.2 Å². The lowest BCUT2D eigenvalue weighted by atomic mass is 10.3. The number of carbonyl (C=O) groups excluding carboxylic acids is 1. The lowest BCUT2D eigenvalue weighted by molar-refractivity contribution is -0.172. The normalized spacial score (nSPS) is 11.8. The maximum absolute atomic E-state index is 13.3. The molecule has 0 amide bonds. The smallest absolute Gasteiger partial charge is 0.376 e. The molecule has 0 radical (unpaired) electrons. The summed E-state index contributed by atoms with van der Waals surface area (Å²) >= 11 is 6.26. The van der Waals surface area contributed by atoms with Crippen molar-refractivity contribution in [3.63, 3.8) is 0 Å². The number of nitrogens with one attached hydrogen (secondary N) is 1. The number of aliphatic hydroxyl groups is 1. The number of hydrogen-bond donors (Lipinski definition) is 2. The average Bonchev–Trinajstić information content (AvgIpc) is 2.93. The molecule has 0 aliphatic carbocycles. The zero-order chi connectivity index (χ0) is 28.4. The van der Waals surface area contributed by atoms with Gasteiger partial charge < -0.3 is 33.5 Å². The van der Waals surface area contributed by atoms with Gasteiger partial charge in [0.25, 0.3) is 22.2 Å². The van der Waals surface area contributed by atoms with Gasteiger partial charge in [-0.2, -0.15) is 4.98 Å². The Balaban J connectivity index is 1.95. The van der Waals surface area contributed by atoms with Crippen molar-refractivity contribution < 1.29 is 46.7 Å². The fourth-order valence-corrected chi connectivity index (χ4v) is 4.20. The summed E-state index contributed by atoms with van der Waals surface area (Å²) in [5, 5.41) is 9.37. The summed E-state index contributed by atoms with van der Waals surface area (Å²) in [5.41, 5.74) is 0. The van der Waals surface area contributed by atoms with E-state index in [-0.39, 0.29) is 58.7 Å². The second-order valence-electron chi connectivity index (χ2n) is 7.34. The van der Waals surface area contributed by atoms with Crippen molar-refractivity contribution in [1.29, 1.82) is 0 Å². The largest absolute Gasteiger partial charge is 0.497 e. The third-order valence-electron chi connectivity index (χ3n) is 4.73. The number of anilines is 1. The molecule has 210 valence electrons. The van der Waals surface area contributed by atoms with Gasteiger partial charge in [-0.3, -0.25) is 4.72 Å². The molecule has 3 aromatic rings. The first-order chi connectivity index (χ1) is 18.7. The van der Waals surface area contributed by atoms with Crippen LogP contribution in [0.2, 0.25) is 5.02 Å². The fourth-order valence-electron chi connectivity index (χ4n) is 2.99. The highest BCUT2D eigenvalue weighted by Crippen LogP contribution is 2.40. The van der Waals surface area contributed by atoms with E-state index in [2.05, 4.69) is 14.7 Å². The summed E-state index contributed by atoms with van der Waals surface area (Å²) in [7, 11) is -1.61. The quantitative estimate of drug-likeness (QED) is 0.211. The predicted octanol–water partition coefficient (Wildman–Crippen LogP) is 3.02. The molecular formula is C24H26ClN3O10S. The van der Waals surface area contributed by atoms with Gasteiger partial charge in [0.15, 0.2) is 5.82 Å². The summed E-state index contributed by atoms with van der Waals surface area (Å²) in [5.74, 6) is -0.915. The monoisotopic (exact) mass is 583 g/mol. The summed E-state index contributed by atoms with van der Waals surface area (Å²) in [6.45, 7) is 1.23. The molecule has 0 fully saturated rings. The highest BCUT2D eigenvalue weighted by atomic mass is 35.5. The Morgan fingerprint density at radius 2 is 1.92 bits per heavy atom. The molecular weight excluding hydrogens is 558 g/mol. The van der Waals surface area contributed by atoms with Gasteiger partial charge in [-0.1, -0.05) is 17.7 Å². The van der Waals surface area contributed by atoms with E-state index >= 15 is 0 Å². The van der Waals surface area contributed by atoms with Crippen molar-refractivity contribution in [3.8, 4) is 28.9 Å². The van der Waals surface area contributed by atoms with Crippen molar-refractivity contribution >= 4 is 33.4 Å². The van der Waals surface area contributed by atoms with Crippen molar-refractivity contribution in [1.82, 2.24) is 9.97 Å². The number of benzene rings is 2. The van der Waals surface area contributed by atoms with Crippen molar-refractivity contribution in [3.05, 3.63) is 53.8 Å². The summed E-state index contributed by atoms with van der Waals surface area (Å²) in [6, 6.07) is 9.92. The number of hydrogen-bond acceptors (Lipinski definition) is 12. The molecule has 0 saturated carbocycles. The zero-order valence-electron chi connectivity index (χ0n) is 21.1. The van der Waals surface area contributed by atoms with Crippen LogP contribution < -0.4 is 23.7 Å². The summed E-state index contributed by atoms with van der Waals surface area (Å²) < 4.78 is 60.7. The van der Waals surface area contributed by atoms with Gasteiger partial charge in [0.1, 0.15) is 30.2 Å². The summed E-state index contributed by atoms with van der Waals surface area (Å²) in [6.07, 6.45) is -0.358. The molecule has 1 heterocycles. The first-order valence-electron chi connectivity index (χ1n) is 11.3. The SMILES string of the molecule is CCOC(=O)C(OC)Oc1cccc(S(=O)(=O)Nc2ncnc(OCCO)c2Oc2cc(OC)ccc2Cl)c1. The number of ether oxygens (including phenoxy) is 6. The number of rotatable bonds is 14. The molecule has 15 heteroatoms. The molecule has 13 nitrogen and oxygen atoms in total. The minimum absolute atomic E-state index is 0.0204. The number of aromatic nitrogens is 2. The third-order valence-corrected chi connectivity index (χ3v) is 6.38. The minimum atomic E-state index is -4.30. The van der Waals surface area contributed by atoms with E-state index in [0.29, 0.717) is 5.75 Å². The maximum Gasteiger partial charge on any atom is 0.376 e. The zero-order valence-corrected chi connectivity index (χ0v) is 22.7. The van der Waals surface area contributed by atoms with Gasteiger partial charge in [0, 0.05) is 19.2 Å². The lowest BCUT2D eigenvalue weighted by Gasteiger charge is -2.17. The van der Waals surface area contributed by atoms with Crippen LogP contribution in [0.3, 0.4) is 0 Å². The van der Waals surface area contributed by atoms with Gasteiger partial charge >= 0.3 is 5.97 Å². The van der Waals surface area contributed by atoms with E-state index < -0.39 is 22.3 Å². The van der Waals surface area contributed by atoms with Crippen LogP contribution in [0.5, 0.6) is 28.9 Å². The molecule has 1 aromatic heterocycles.